The lowest BCUT2D eigenvalue weighted by Gasteiger charge is -2.02. The van der Waals surface area contributed by atoms with Crippen LogP contribution in [0, 0.1) is 0 Å². The van der Waals surface area contributed by atoms with Crippen molar-refractivity contribution in [3.8, 4) is 0 Å². The van der Waals surface area contributed by atoms with Gasteiger partial charge in [0.2, 0.25) is 0 Å². The third kappa shape index (κ3) is 1.63. The minimum absolute atomic E-state index is 0.354. The number of carbonyl (C=O) groups is 1. The Morgan fingerprint density at radius 2 is 2.40 bits per heavy atom. The smallest absolute Gasteiger partial charge is 0.339 e. The molecule has 2 N–H and O–H groups in total. The van der Waals surface area contributed by atoms with Gasteiger partial charge in [-0.1, -0.05) is 0 Å². The maximum atomic E-state index is 11.4. The summed E-state index contributed by atoms with van der Waals surface area (Å²) in [6, 6.07) is 3.39. The van der Waals surface area contributed by atoms with Crippen molar-refractivity contribution in [1.82, 2.24) is 9.38 Å². The van der Waals surface area contributed by atoms with Crippen molar-refractivity contribution < 1.29 is 9.53 Å². The molecule has 5 nitrogen and oxygen atoms in total. The topological polar surface area (TPSA) is 69.6 Å². The van der Waals surface area contributed by atoms with Gasteiger partial charge in [-0.15, -0.1) is 0 Å². The third-order valence-corrected chi connectivity index (χ3v) is 2.05. The predicted molar refractivity (Wildman–Crippen MR) is 55.6 cm³/mol. The summed E-state index contributed by atoms with van der Waals surface area (Å²) in [7, 11) is 0. The lowest BCUT2D eigenvalue weighted by Crippen LogP contribution is -2.06. The van der Waals surface area contributed by atoms with Gasteiger partial charge in [0.15, 0.2) is 0 Å². The Labute approximate surface area is 86.5 Å². The zero-order valence-corrected chi connectivity index (χ0v) is 8.30. The number of imidazole rings is 1. The number of nitrogens with zero attached hydrogens (tertiary/aromatic N) is 2. The number of anilines is 1. The van der Waals surface area contributed by atoms with Crippen molar-refractivity contribution in [1.29, 1.82) is 0 Å². The van der Waals surface area contributed by atoms with E-state index in [-0.39, 0.29) is 5.97 Å². The fourth-order valence-electron chi connectivity index (χ4n) is 1.33. The molecule has 0 aliphatic rings. The molecule has 0 amide bonds. The minimum atomic E-state index is -0.354. The lowest BCUT2D eigenvalue weighted by atomic mass is 10.3. The first kappa shape index (κ1) is 9.51. The Morgan fingerprint density at radius 3 is 3.13 bits per heavy atom. The fraction of sp³-hybridized carbons (Fsp3) is 0.200. The van der Waals surface area contributed by atoms with Crippen LogP contribution in [-0.4, -0.2) is 22.0 Å². The predicted octanol–water partition coefficient (Wildman–Crippen LogP) is 1.09. The number of fused-ring (bicyclic) bond motifs is 1. The van der Waals surface area contributed by atoms with Crippen LogP contribution in [-0.2, 0) is 4.74 Å². The van der Waals surface area contributed by atoms with Gasteiger partial charge < -0.3 is 10.5 Å². The maximum Gasteiger partial charge on any atom is 0.339 e. The van der Waals surface area contributed by atoms with Crippen LogP contribution >= 0.6 is 0 Å². The molecule has 2 aromatic rings. The molecule has 2 heterocycles. The quantitative estimate of drug-likeness (QED) is 0.745. The number of aromatic nitrogens is 2. The molecule has 15 heavy (non-hydrogen) atoms. The van der Waals surface area contributed by atoms with Crippen LogP contribution in [0.25, 0.3) is 5.65 Å². The van der Waals surface area contributed by atoms with Gasteiger partial charge in [0, 0.05) is 6.20 Å². The molecule has 0 saturated heterocycles. The van der Waals surface area contributed by atoms with Crippen LogP contribution in [0.15, 0.2) is 24.5 Å². The molecule has 0 aromatic carbocycles. The summed E-state index contributed by atoms with van der Waals surface area (Å²) in [4.78, 5) is 15.5. The normalized spacial score (nSPS) is 10.5. The third-order valence-electron chi connectivity index (χ3n) is 2.05. The van der Waals surface area contributed by atoms with E-state index in [1.54, 1.807) is 35.9 Å². The summed E-state index contributed by atoms with van der Waals surface area (Å²) in [5.74, 6) is 0.142. The zero-order valence-electron chi connectivity index (χ0n) is 8.30. The van der Waals surface area contributed by atoms with Gasteiger partial charge in [-0.05, 0) is 19.1 Å². The summed E-state index contributed by atoms with van der Waals surface area (Å²) >= 11 is 0. The van der Waals surface area contributed by atoms with Crippen LogP contribution < -0.4 is 5.73 Å². The van der Waals surface area contributed by atoms with Gasteiger partial charge in [0.1, 0.15) is 11.5 Å². The number of nitrogens with two attached hydrogens (primary N) is 1. The number of nitrogen functional groups attached to an aromatic ring is 1. The SMILES string of the molecule is CCOC(=O)c1ccc2ncc(N)n2c1. The second-order valence-electron chi connectivity index (χ2n) is 3.05. The van der Waals surface area contributed by atoms with E-state index in [2.05, 4.69) is 4.98 Å². The van der Waals surface area contributed by atoms with Crippen molar-refractivity contribution in [3.05, 3.63) is 30.1 Å². The number of hydrogen-bond donors (Lipinski definition) is 1. The average Bonchev–Trinajstić information content (AvgIpc) is 2.60. The molecule has 0 unspecified atom stereocenters. The Kier molecular flexibility index (Phi) is 2.29. The maximum absolute atomic E-state index is 11.4. The van der Waals surface area contributed by atoms with E-state index in [1.165, 1.54) is 0 Å². The Bertz CT molecular complexity index is 504. The van der Waals surface area contributed by atoms with Crippen LogP contribution in [0.5, 0.6) is 0 Å². The van der Waals surface area contributed by atoms with Crippen molar-refractivity contribution in [2.24, 2.45) is 0 Å². The van der Waals surface area contributed by atoms with Crippen LogP contribution in [0.2, 0.25) is 0 Å². The van der Waals surface area contributed by atoms with Gasteiger partial charge in [-0.2, -0.15) is 0 Å². The summed E-state index contributed by atoms with van der Waals surface area (Å²) in [6.07, 6.45) is 3.17. The van der Waals surface area contributed by atoms with Crippen LogP contribution in [0.3, 0.4) is 0 Å². The van der Waals surface area contributed by atoms with Crippen LogP contribution in [0.1, 0.15) is 17.3 Å². The van der Waals surface area contributed by atoms with Crippen molar-refractivity contribution in [3.63, 3.8) is 0 Å². The minimum Gasteiger partial charge on any atom is -0.462 e. The number of pyridine rings is 1. The molecule has 0 bridgehead atoms. The van der Waals surface area contributed by atoms with E-state index in [4.69, 9.17) is 10.5 Å². The van der Waals surface area contributed by atoms with Gasteiger partial charge in [0.05, 0.1) is 18.4 Å². The van der Waals surface area contributed by atoms with Crippen molar-refractivity contribution >= 4 is 17.4 Å². The van der Waals surface area contributed by atoms with E-state index >= 15 is 0 Å². The molecule has 2 rings (SSSR count). The number of esters is 1. The lowest BCUT2D eigenvalue weighted by molar-refractivity contribution is 0.0526. The highest BCUT2D eigenvalue weighted by atomic mass is 16.5. The molecule has 0 spiro atoms. The Morgan fingerprint density at radius 1 is 1.60 bits per heavy atom. The number of rotatable bonds is 2. The fourth-order valence-corrected chi connectivity index (χ4v) is 1.33. The molecule has 0 atom stereocenters. The first-order valence-corrected chi connectivity index (χ1v) is 4.62. The summed E-state index contributed by atoms with van der Waals surface area (Å²) < 4.78 is 6.52. The Balaban J connectivity index is 2.45. The molecular formula is C10H11N3O2. The second-order valence-corrected chi connectivity index (χ2v) is 3.05. The van der Waals surface area contributed by atoms with Crippen LogP contribution in [0.4, 0.5) is 5.82 Å². The molecule has 0 radical (unpaired) electrons. The highest BCUT2D eigenvalue weighted by molar-refractivity contribution is 5.89. The number of carbonyl (C=O) groups excluding carboxylic acids is 1. The first-order chi connectivity index (χ1) is 7.22. The summed E-state index contributed by atoms with van der Waals surface area (Å²) in [6.45, 7) is 2.12. The van der Waals surface area contributed by atoms with Gasteiger partial charge in [-0.25, -0.2) is 9.78 Å². The van der Waals surface area contributed by atoms with Gasteiger partial charge in [-0.3, -0.25) is 4.40 Å². The van der Waals surface area contributed by atoms with Gasteiger partial charge >= 0.3 is 5.97 Å². The van der Waals surface area contributed by atoms with E-state index in [0.717, 1.165) is 0 Å². The highest BCUT2D eigenvalue weighted by Crippen LogP contribution is 2.11. The molecule has 0 saturated carbocycles. The largest absolute Gasteiger partial charge is 0.462 e. The van der Waals surface area contributed by atoms with Gasteiger partial charge in [0.25, 0.3) is 0 Å². The molecule has 0 fully saturated rings. The van der Waals surface area contributed by atoms with Crippen molar-refractivity contribution in [2.45, 2.75) is 6.92 Å². The van der Waals surface area contributed by atoms with Crippen molar-refractivity contribution in [2.75, 3.05) is 12.3 Å². The molecule has 0 aliphatic carbocycles. The van der Waals surface area contributed by atoms with E-state index in [9.17, 15) is 4.79 Å². The number of ether oxygens (including phenoxy) is 1. The standard InChI is InChI=1S/C10H11N3O2/c1-2-15-10(14)7-3-4-9-12-5-8(11)13(9)6-7/h3-6H,2,11H2,1H3. The highest BCUT2D eigenvalue weighted by Gasteiger charge is 2.08. The molecule has 78 valence electrons. The molecular weight excluding hydrogens is 194 g/mol. The average molecular weight is 205 g/mol. The summed E-state index contributed by atoms with van der Waals surface area (Å²) in [5, 5.41) is 0. The van der Waals surface area contributed by atoms with E-state index in [1.807, 2.05) is 0 Å². The second kappa shape index (κ2) is 3.61. The summed E-state index contributed by atoms with van der Waals surface area (Å²) in [5.41, 5.74) is 6.84. The molecule has 5 heteroatoms. The van der Waals surface area contributed by atoms with E-state index < -0.39 is 0 Å². The zero-order chi connectivity index (χ0) is 10.8. The monoisotopic (exact) mass is 205 g/mol. The van der Waals surface area contributed by atoms with E-state index in [0.29, 0.717) is 23.6 Å². The molecule has 2 aromatic heterocycles. The first-order valence-electron chi connectivity index (χ1n) is 4.62. The number of hydrogen-bond acceptors (Lipinski definition) is 4. The molecule has 0 aliphatic heterocycles. The Hall–Kier alpha value is -2.04.